The second-order valence-corrected chi connectivity index (χ2v) is 17.3. The lowest BCUT2D eigenvalue weighted by Gasteiger charge is -2.19. The molecule has 0 saturated carbocycles. The van der Waals surface area contributed by atoms with Gasteiger partial charge in [-0.1, -0.05) is 200 Å². The number of rotatable bonds is 8. The van der Waals surface area contributed by atoms with Gasteiger partial charge in [0.05, 0.1) is 33.5 Å². The molecule has 0 radical (unpaired) electrons. The first kappa shape index (κ1) is 39.3. The van der Waals surface area contributed by atoms with Crippen LogP contribution < -0.4 is 0 Å². The summed E-state index contributed by atoms with van der Waals surface area (Å²) in [6.45, 7) is 0. The van der Waals surface area contributed by atoms with Crippen LogP contribution >= 0.6 is 0 Å². The van der Waals surface area contributed by atoms with Crippen molar-refractivity contribution >= 4 is 43.6 Å². The number of aromatic nitrogens is 4. The van der Waals surface area contributed by atoms with Crippen molar-refractivity contribution in [3.05, 3.63) is 255 Å². The van der Waals surface area contributed by atoms with Crippen LogP contribution in [0.5, 0.6) is 0 Å². The van der Waals surface area contributed by atoms with E-state index in [1.54, 1.807) is 0 Å². The topological polar surface area (TPSA) is 35.6 Å². The summed E-state index contributed by atoms with van der Waals surface area (Å²) in [5.41, 5.74) is 18.5. The first-order valence-corrected chi connectivity index (χ1v) is 23.2. The van der Waals surface area contributed by atoms with Crippen LogP contribution in [0.15, 0.2) is 255 Å². The normalized spacial score (nSPS) is 11.5. The van der Waals surface area contributed by atoms with E-state index in [2.05, 4.69) is 252 Å². The lowest BCUT2D eigenvalue weighted by atomic mass is 9.88. The van der Waals surface area contributed by atoms with Crippen molar-refractivity contribution in [2.75, 3.05) is 0 Å². The molecule has 68 heavy (non-hydrogen) atoms. The zero-order chi connectivity index (χ0) is 45.0. The molecule has 0 amide bonds. The summed E-state index contributed by atoms with van der Waals surface area (Å²) in [5, 5.41) is 4.73. The molecule has 0 N–H and O–H groups in total. The van der Waals surface area contributed by atoms with Gasteiger partial charge in [-0.25, -0.2) is 9.97 Å². The van der Waals surface area contributed by atoms with E-state index in [4.69, 9.17) is 9.97 Å². The molecule has 0 aliphatic rings. The van der Waals surface area contributed by atoms with Crippen molar-refractivity contribution in [3.63, 3.8) is 0 Å². The maximum absolute atomic E-state index is 5.32. The summed E-state index contributed by atoms with van der Waals surface area (Å²) in [4.78, 5) is 10.6. The second kappa shape index (κ2) is 16.4. The zero-order valence-electron chi connectivity index (χ0n) is 37.0. The molecule has 13 aromatic rings. The fourth-order valence-corrected chi connectivity index (χ4v) is 10.3. The lowest BCUT2D eigenvalue weighted by Crippen LogP contribution is -2.00. The van der Waals surface area contributed by atoms with Gasteiger partial charge in [-0.2, -0.15) is 0 Å². The van der Waals surface area contributed by atoms with E-state index in [1.807, 2.05) is 12.1 Å². The van der Waals surface area contributed by atoms with Crippen molar-refractivity contribution in [1.82, 2.24) is 19.1 Å². The summed E-state index contributed by atoms with van der Waals surface area (Å²) in [7, 11) is 0. The molecule has 0 spiro atoms. The zero-order valence-corrected chi connectivity index (χ0v) is 37.0. The van der Waals surface area contributed by atoms with E-state index in [0.717, 1.165) is 78.2 Å². The van der Waals surface area contributed by atoms with Gasteiger partial charge < -0.3 is 9.13 Å². The van der Waals surface area contributed by atoms with Gasteiger partial charge in [0, 0.05) is 60.7 Å². The smallest absolute Gasteiger partial charge is 0.160 e. The molecule has 4 heteroatoms. The van der Waals surface area contributed by atoms with E-state index in [1.165, 1.54) is 38.2 Å². The Balaban J connectivity index is 1.21. The second-order valence-electron chi connectivity index (χ2n) is 17.3. The van der Waals surface area contributed by atoms with Crippen LogP contribution in [0.1, 0.15) is 0 Å². The van der Waals surface area contributed by atoms with E-state index >= 15 is 0 Å². The minimum absolute atomic E-state index is 0.671. The van der Waals surface area contributed by atoms with Crippen LogP contribution in [-0.4, -0.2) is 19.1 Å². The largest absolute Gasteiger partial charge is 0.309 e. The number of hydrogen-bond acceptors (Lipinski definition) is 2. The molecule has 0 aliphatic heterocycles. The molecular weight excluding hydrogens is 825 g/mol. The standard InChI is InChI=1S/C64H42N4/c1-6-22-43(23-7-1)46-28-20-29-47(40-46)58-60-52-36-16-18-38-56(52)68(51-34-14-5-15-35-51)63(60)59(61-53-37-17-19-39-57(53)67(62(58)61)50-32-12-4-13-33-50)48-30-21-31-49(41-48)64-65-54(44-24-8-2-9-25-44)42-55(66-64)45-26-10-3-11-27-45/h1-42H. The third-order valence-corrected chi connectivity index (χ3v) is 13.3. The molecule has 4 nitrogen and oxygen atoms in total. The Kier molecular flexibility index (Phi) is 9.47. The van der Waals surface area contributed by atoms with Gasteiger partial charge in [0.15, 0.2) is 5.82 Å². The molecule has 0 atom stereocenters. The van der Waals surface area contributed by atoms with Gasteiger partial charge in [-0.05, 0) is 76.9 Å². The van der Waals surface area contributed by atoms with E-state index in [9.17, 15) is 0 Å². The summed E-state index contributed by atoms with van der Waals surface area (Å²) in [6.07, 6.45) is 0. The van der Waals surface area contributed by atoms with Crippen molar-refractivity contribution in [1.29, 1.82) is 0 Å². The highest BCUT2D eigenvalue weighted by atomic mass is 15.0. The Morgan fingerprint density at radius 1 is 0.265 bits per heavy atom. The van der Waals surface area contributed by atoms with Crippen LogP contribution in [0, 0.1) is 0 Å². The van der Waals surface area contributed by atoms with Crippen LogP contribution in [0.4, 0.5) is 0 Å². The number of para-hydroxylation sites is 4. The van der Waals surface area contributed by atoms with Crippen molar-refractivity contribution in [3.8, 4) is 78.7 Å². The Bertz CT molecular complexity index is 3920. The molecule has 10 aromatic carbocycles. The quantitative estimate of drug-likeness (QED) is 0.153. The molecule has 3 heterocycles. The Hall–Kier alpha value is -9.12. The number of fused-ring (bicyclic) bond motifs is 6. The van der Waals surface area contributed by atoms with Gasteiger partial charge in [0.25, 0.3) is 0 Å². The molecule has 0 bridgehead atoms. The molecule has 0 fully saturated rings. The molecule has 3 aromatic heterocycles. The first-order chi connectivity index (χ1) is 33.8. The van der Waals surface area contributed by atoms with Crippen LogP contribution in [0.25, 0.3) is 122 Å². The van der Waals surface area contributed by atoms with Gasteiger partial charge in [0.2, 0.25) is 0 Å². The third-order valence-electron chi connectivity index (χ3n) is 13.3. The highest BCUT2D eigenvalue weighted by molar-refractivity contribution is 6.33. The fraction of sp³-hybridized carbons (Fsp3) is 0. The van der Waals surface area contributed by atoms with Crippen LogP contribution in [0.3, 0.4) is 0 Å². The molecule has 0 saturated heterocycles. The fourth-order valence-electron chi connectivity index (χ4n) is 10.3. The Labute approximate surface area is 394 Å². The van der Waals surface area contributed by atoms with Gasteiger partial charge in [-0.3, -0.25) is 0 Å². The summed E-state index contributed by atoms with van der Waals surface area (Å²) >= 11 is 0. The van der Waals surface area contributed by atoms with E-state index < -0.39 is 0 Å². The predicted molar refractivity (Wildman–Crippen MR) is 283 cm³/mol. The van der Waals surface area contributed by atoms with Gasteiger partial charge >= 0.3 is 0 Å². The molecule has 13 rings (SSSR count). The molecule has 0 unspecified atom stereocenters. The Morgan fingerprint density at radius 2 is 0.618 bits per heavy atom. The summed E-state index contributed by atoms with van der Waals surface area (Å²) in [6, 6.07) is 91.2. The molecule has 0 aliphatic carbocycles. The highest BCUT2D eigenvalue weighted by Crippen LogP contribution is 2.52. The number of nitrogens with zero attached hydrogens (tertiary/aromatic N) is 4. The summed E-state index contributed by atoms with van der Waals surface area (Å²) in [5.74, 6) is 0.671. The van der Waals surface area contributed by atoms with Crippen LogP contribution in [0.2, 0.25) is 0 Å². The average molecular weight is 867 g/mol. The van der Waals surface area contributed by atoms with Crippen molar-refractivity contribution in [2.45, 2.75) is 0 Å². The highest BCUT2D eigenvalue weighted by Gasteiger charge is 2.29. The lowest BCUT2D eigenvalue weighted by molar-refractivity contribution is 1.17. The first-order valence-electron chi connectivity index (χ1n) is 23.2. The van der Waals surface area contributed by atoms with Gasteiger partial charge in [-0.15, -0.1) is 0 Å². The van der Waals surface area contributed by atoms with Gasteiger partial charge in [0.1, 0.15) is 0 Å². The third kappa shape index (κ3) is 6.53. The van der Waals surface area contributed by atoms with E-state index in [0.29, 0.717) is 5.82 Å². The molecule has 318 valence electrons. The van der Waals surface area contributed by atoms with E-state index in [-0.39, 0.29) is 0 Å². The number of hydrogen-bond donors (Lipinski definition) is 0. The predicted octanol–water partition coefficient (Wildman–Crippen LogP) is 16.7. The van der Waals surface area contributed by atoms with Crippen molar-refractivity contribution < 1.29 is 0 Å². The Morgan fingerprint density at radius 3 is 1.09 bits per heavy atom. The SMILES string of the molecule is c1ccc(-c2cccc(-c3c4c5ccccc5n(-c5ccccc5)c4c(-c4cccc(-c5nc(-c6ccccc6)cc(-c6ccccc6)n5)c4)c4c5ccccc5n(-c5ccccc5)c34)c2)cc1. The monoisotopic (exact) mass is 866 g/mol. The average Bonchev–Trinajstić information content (AvgIpc) is 3.95. The number of benzene rings is 10. The van der Waals surface area contributed by atoms with Crippen LogP contribution in [-0.2, 0) is 0 Å². The molecular formula is C64H42N4. The minimum Gasteiger partial charge on any atom is -0.309 e. The summed E-state index contributed by atoms with van der Waals surface area (Å²) < 4.78 is 4.99. The maximum atomic E-state index is 5.32. The maximum Gasteiger partial charge on any atom is 0.160 e. The van der Waals surface area contributed by atoms with Crippen molar-refractivity contribution in [2.24, 2.45) is 0 Å². The minimum atomic E-state index is 0.671.